The fourth-order valence-corrected chi connectivity index (χ4v) is 0.774. The van der Waals surface area contributed by atoms with Gasteiger partial charge in [0.05, 0.1) is 0 Å². The normalized spacial score (nSPS) is 7.58. The number of hydrogen-bond acceptors (Lipinski definition) is 1. The van der Waals surface area contributed by atoms with Gasteiger partial charge in [-0.25, -0.2) is 0 Å². The van der Waals surface area contributed by atoms with Crippen molar-refractivity contribution < 1.29 is 24.6 Å². The van der Waals surface area contributed by atoms with Crippen LogP contribution in [-0.4, -0.2) is 11.7 Å². The molecule has 3 heteroatoms. The smallest absolute Gasteiger partial charge is 0.0471 e. The predicted octanol–water partition coefficient (Wildman–Crippen LogP) is 2.24. The maximum atomic E-state index is 8.52. The number of hydrogen-bond donors (Lipinski definition) is 1. The largest absolute Gasteiger partial charge is 0.396 e. The van der Waals surface area contributed by atoms with Crippen molar-refractivity contribution in [2.24, 2.45) is 0 Å². The number of aliphatic hydroxyl groups excluding tert-OH is 1. The molecule has 1 aromatic rings. The van der Waals surface area contributed by atoms with Crippen molar-refractivity contribution in [3.63, 3.8) is 0 Å². The summed E-state index contributed by atoms with van der Waals surface area (Å²) in [6.45, 7) is 0.240. The summed E-state index contributed by atoms with van der Waals surface area (Å²) in [7, 11) is 0. The fourth-order valence-electron chi connectivity index (χ4n) is 0.774. The fraction of sp³-hybridized carbons (Fsp3) is 0.222. The molecule has 0 fully saturated rings. The van der Waals surface area contributed by atoms with Crippen molar-refractivity contribution >= 4 is 11.6 Å². The number of benzene rings is 1. The SMILES string of the molecule is OCCc1ccccc1.[CH2-]Cl.[Zn]. The van der Waals surface area contributed by atoms with Crippen LogP contribution in [-0.2, 0) is 25.9 Å². The number of halogens is 1. The quantitative estimate of drug-likeness (QED) is 0.617. The van der Waals surface area contributed by atoms with Gasteiger partial charge in [0, 0.05) is 26.1 Å². The van der Waals surface area contributed by atoms with E-state index in [0.717, 1.165) is 6.42 Å². The Balaban J connectivity index is 0. The first kappa shape index (κ1) is 14.6. The molecular formula is C9H12ClOZn-. The predicted molar refractivity (Wildman–Crippen MR) is 48.4 cm³/mol. The third-order valence-electron chi connectivity index (χ3n) is 1.24. The Morgan fingerprint density at radius 3 is 2.08 bits per heavy atom. The molecule has 0 aliphatic heterocycles. The molecule has 0 saturated carbocycles. The molecule has 0 aromatic heterocycles. The van der Waals surface area contributed by atoms with Gasteiger partial charge in [0.15, 0.2) is 0 Å². The summed E-state index contributed by atoms with van der Waals surface area (Å²) in [5.74, 6) is 0. The zero-order valence-corrected chi connectivity index (χ0v) is 10.8. The van der Waals surface area contributed by atoms with Gasteiger partial charge in [-0.3, -0.25) is 6.38 Å². The van der Waals surface area contributed by atoms with Crippen LogP contribution in [0.3, 0.4) is 0 Å². The molecule has 0 spiro atoms. The van der Waals surface area contributed by atoms with E-state index in [0.29, 0.717) is 0 Å². The van der Waals surface area contributed by atoms with Crippen molar-refractivity contribution in [3.05, 3.63) is 42.3 Å². The first-order valence-electron chi connectivity index (χ1n) is 3.35. The summed E-state index contributed by atoms with van der Waals surface area (Å²) >= 11 is 4.39. The maximum absolute atomic E-state index is 8.52. The standard InChI is InChI=1S/C8H10O.CH2Cl.Zn/c9-7-6-8-4-2-1-3-5-8;1-2;/h1-5,9H,6-7H2;1H2;/q;-1;. The second-order valence-corrected chi connectivity index (χ2v) is 1.96. The van der Waals surface area contributed by atoms with E-state index in [1.807, 2.05) is 30.3 Å². The van der Waals surface area contributed by atoms with Gasteiger partial charge in [-0.1, -0.05) is 30.3 Å². The average Bonchev–Trinajstić information content (AvgIpc) is 2.11. The third kappa shape index (κ3) is 6.78. The topological polar surface area (TPSA) is 20.2 Å². The molecule has 0 unspecified atom stereocenters. The molecule has 0 aliphatic rings. The van der Waals surface area contributed by atoms with Crippen molar-refractivity contribution in [3.8, 4) is 0 Å². The molecule has 0 saturated heterocycles. The van der Waals surface area contributed by atoms with E-state index in [9.17, 15) is 0 Å². The zero-order chi connectivity index (χ0) is 8.53. The van der Waals surface area contributed by atoms with E-state index in [-0.39, 0.29) is 26.1 Å². The molecule has 0 heterocycles. The summed E-state index contributed by atoms with van der Waals surface area (Å²) in [5.41, 5.74) is 1.19. The summed E-state index contributed by atoms with van der Waals surface area (Å²) in [6.07, 6.45) is 3.49. The van der Waals surface area contributed by atoms with Gasteiger partial charge >= 0.3 is 0 Å². The van der Waals surface area contributed by atoms with Crippen LogP contribution in [0.2, 0.25) is 0 Å². The van der Waals surface area contributed by atoms with E-state index < -0.39 is 0 Å². The zero-order valence-electron chi connectivity index (χ0n) is 7.04. The molecule has 12 heavy (non-hydrogen) atoms. The minimum atomic E-state index is 0. The number of aliphatic hydroxyl groups is 1. The molecule has 1 N–H and O–H groups in total. The van der Waals surface area contributed by atoms with E-state index in [1.54, 1.807) is 0 Å². The monoisotopic (exact) mass is 235 g/mol. The van der Waals surface area contributed by atoms with Crippen LogP contribution in [0.25, 0.3) is 0 Å². The molecular weight excluding hydrogens is 225 g/mol. The molecule has 0 amide bonds. The Hall–Kier alpha value is 0.0934. The third-order valence-corrected chi connectivity index (χ3v) is 1.24. The van der Waals surface area contributed by atoms with Gasteiger partial charge in [-0.05, 0) is 12.0 Å². The average molecular weight is 237 g/mol. The van der Waals surface area contributed by atoms with Gasteiger partial charge < -0.3 is 16.7 Å². The molecule has 0 aliphatic carbocycles. The van der Waals surface area contributed by atoms with Gasteiger partial charge in [0.1, 0.15) is 0 Å². The van der Waals surface area contributed by atoms with Gasteiger partial charge in [-0.15, -0.1) is 0 Å². The van der Waals surface area contributed by atoms with Crippen LogP contribution in [0.5, 0.6) is 0 Å². The molecule has 0 atom stereocenters. The Bertz CT molecular complexity index is 167. The minimum Gasteiger partial charge on any atom is -0.396 e. The van der Waals surface area contributed by atoms with E-state index in [4.69, 9.17) is 5.11 Å². The van der Waals surface area contributed by atoms with Crippen LogP contribution in [0, 0.1) is 6.38 Å². The van der Waals surface area contributed by atoms with Crippen LogP contribution in [0.1, 0.15) is 5.56 Å². The number of rotatable bonds is 2. The molecule has 1 nitrogen and oxygen atoms in total. The van der Waals surface area contributed by atoms with E-state index >= 15 is 0 Å². The Labute approximate surface area is 91.5 Å². The van der Waals surface area contributed by atoms with Crippen LogP contribution in [0.4, 0.5) is 0 Å². The molecule has 64 valence electrons. The molecule has 1 aromatic carbocycles. The van der Waals surface area contributed by atoms with E-state index in [1.165, 1.54) is 5.56 Å². The van der Waals surface area contributed by atoms with Gasteiger partial charge in [-0.2, -0.15) is 0 Å². The second-order valence-electron chi connectivity index (χ2n) is 1.96. The summed E-state index contributed by atoms with van der Waals surface area (Å²) in [6, 6.07) is 9.95. The van der Waals surface area contributed by atoms with Crippen LogP contribution in [0.15, 0.2) is 30.3 Å². The Kier molecular flexibility index (Phi) is 13.5. The van der Waals surface area contributed by atoms with E-state index in [2.05, 4.69) is 18.0 Å². The van der Waals surface area contributed by atoms with Crippen molar-refractivity contribution in [2.75, 3.05) is 6.61 Å². The molecule has 1 rings (SSSR count). The van der Waals surface area contributed by atoms with Crippen molar-refractivity contribution in [2.45, 2.75) is 6.42 Å². The molecule has 0 radical (unpaired) electrons. The summed E-state index contributed by atoms with van der Waals surface area (Å²) < 4.78 is 0. The van der Waals surface area contributed by atoms with Crippen molar-refractivity contribution in [1.29, 1.82) is 0 Å². The van der Waals surface area contributed by atoms with Gasteiger partial charge in [0.25, 0.3) is 0 Å². The Morgan fingerprint density at radius 1 is 1.17 bits per heavy atom. The van der Waals surface area contributed by atoms with Crippen molar-refractivity contribution in [1.82, 2.24) is 0 Å². The maximum Gasteiger partial charge on any atom is 0.0471 e. The summed E-state index contributed by atoms with van der Waals surface area (Å²) in [5, 5.41) is 8.52. The van der Waals surface area contributed by atoms with Crippen LogP contribution < -0.4 is 0 Å². The summed E-state index contributed by atoms with van der Waals surface area (Å²) in [4.78, 5) is 0. The first-order valence-corrected chi connectivity index (χ1v) is 3.88. The van der Waals surface area contributed by atoms with Gasteiger partial charge in [0.2, 0.25) is 0 Å². The second kappa shape index (κ2) is 11.1. The molecule has 0 bridgehead atoms. The minimum absolute atomic E-state index is 0. The first-order chi connectivity index (χ1) is 5.43. The Morgan fingerprint density at radius 2 is 1.67 bits per heavy atom. The van der Waals surface area contributed by atoms with Crippen LogP contribution >= 0.6 is 11.6 Å².